The summed E-state index contributed by atoms with van der Waals surface area (Å²) >= 11 is 1.25. The maximum Gasteiger partial charge on any atom is 0.336 e. The third kappa shape index (κ3) is 6.87. The van der Waals surface area contributed by atoms with E-state index in [2.05, 4.69) is 10.1 Å². The van der Waals surface area contributed by atoms with E-state index in [-0.39, 0.29) is 33.7 Å². The number of hydrogen-bond donors (Lipinski definition) is 3. The molecule has 0 fully saturated rings. The highest BCUT2D eigenvalue weighted by molar-refractivity contribution is 7.90. The van der Waals surface area contributed by atoms with E-state index < -0.39 is 33.8 Å². The summed E-state index contributed by atoms with van der Waals surface area (Å²) in [5.74, 6) is -4.13. The van der Waals surface area contributed by atoms with Gasteiger partial charge in [0.05, 0.1) is 22.6 Å². The average Bonchev–Trinajstić information content (AvgIpc) is 3.69. The van der Waals surface area contributed by atoms with Crippen molar-refractivity contribution in [1.82, 2.24) is 14.5 Å². The molecular formula is C32H28N4O8S2. The molecule has 0 saturated heterocycles. The van der Waals surface area contributed by atoms with Crippen molar-refractivity contribution in [3.8, 4) is 11.1 Å². The second-order valence-corrected chi connectivity index (χ2v) is 13.0. The molecule has 0 saturated carbocycles. The predicted octanol–water partition coefficient (Wildman–Crippen LogP) is 4.03. The topological polar surface area (TPSA) is 185 Å². The van der Waals surface area contributed by atoms with Gasteiger partial charge < -0.3 is 10.2 Å². The molecule has 0 spiro atoms. The highest BCUT2D eigenvalue weighted by atomic mass is 32.2. The minimum atomic E-state index is -4.41. The number of aromatic carboxylic acids is 1. The molecule has 0 radical (unpaired) electrons. The van der Waals surface area contributed by atoms with Gasteiger partial charge in [0, 0.05) is 16.7 Å². The Morgan fingerprint density at radius 2 is 1.54 bits per heavy atom. The van der Waals surface area contributed by atoms with Gasteiger partial charge in [0.2, 0.25) is 4.80 Å². The van der Waals surface area contributed by atoms with Crippen LogP contribution in [-0.2, 0) is 32.6 Å². The first-order valence-corrected chi connectivity index (χ1v) is 16.5. The summed E-state index contributed by atoms with van der Waals surface area (Å²) in [6.07, 6.45) is 1.89. The number of amides is 2. The van der Waals surface area contributed by atoms with Crippen molar-refractivity contribution in [3.63, 3.8) is 0 Å². The van der Waals surface area contributed by atoms with Crippen LogP contribution in [0.5, 0.6) is 0 Å². The smallest absolute Gasteiger partial charge is 0.336 e. The van der Waals surface area contributed by atoms with Gasteiger partial charge in [-0.25, -0.2) is 27.4 Å². The van der Waals surface area contributed by atoms with Crippen LogP contribution >= 0.6 is 11.3 Å². The molecule has 14 heteroatoms. The molecule has 0 aliphatic heterocycles. The predicted molar refractivity (Wildman–Crippen MR) is 168 cm³/mol. The molecule has 4 aromatic rings. The van der Waals surface area contributed by atoms with Gasteiger partial charge in [0.1, 0.15) is 5.01 Å². The largest absolute Gasteiger partial charge is 0.478 e. The van der Waals surface area contributed by atoms with Gasteiger partial charge >= 0.3 is 11.9 Å². The standard InChI is InChI=1S/C32H28N4O8S2/c1-2-27-34-36(32(45-27)33-28(37)22-11-7-12-25(22)31(41)42)18-19-14-16-20(17-15-19)21-8-5-6-13-26(21)46(43,44)35-29(38)23-9-3-4-10-24(23)30(39)40/h3-6,8-10,13-17H,2,7,11-12,18H2,1H3,(H,35,38)(H,39,40)(H,41,42). The molecule has 46 heavy (non-hydrogen) atoms. The van der Waals surface area contributed by atoms with Gasteiger partial charge in [-0.15, -0.1) is 0 Å². The van der Waals surface area contributed by atoms with Crippen molar-refractivity contribution in [2.24, 2.45) is 4.99 Å². The van der Waals surface area contributed by atoms with Gasteiger partial charge in [-0.05, 0) is 55.0 Å². The molecule has 5 rings (SSSR count). The summed E-state index contributed by atoms with van der Waals surface area (Å²) in [4.78, 5) is 53.2. The zero-order valence-electron chi connectivity index (χ0n) is 24.5. The van der Waals surface area contributed by atoms with Gasteiger partial charge in [-0.1, -0.05) is 72.9 Å². The number of carboxylic acids is 2. The minimum Gasteiger partial charge on any atom is -0.478 e. The van der Waals surface area contributed by atoms with Gasteiger partial charge in [0.15, 0.2) is 0 Å². The van der Waals surface area contributed by atoms with Crippen LogP contribution in [0.2, 0.25) is 0 Å². The lowest BCUT2D eigenvalue weighted by Gasteiger charge is -2.13. The number of carboxylic acid groups (broad SMARTS) is 2. The van der Waals surface area contributed by atoms with Crippen molar-refractivity contribution in [2.45, 2.75) is 44.0 Å². The van der Waals surface area contributed by atoms with Gasteiger partial charge in [0.25, 0.3) is 21.8 Å². The number of carbonyl (C=O) groups excluding carboxylic acids is 2. The van der Waals surface area contributed by atoms with Crippen molar-refractivity contribution in [2.75, 3.05) is 0 Å². The Balaban J connectivity index is 1.41. The lowest BCUT2D eigenvalue weighted by molar-refractivity contribution is -0.133. The van der Waals surface area contributed by atoms with Crippen molar-refractivity contribution in [3.05, 3.63) is 110 Å². The molecule has 3 aromatic carbocycles. The van der Waals surface area contributed by atoms with Crippen LogP contribution in [0.3, 0.4) is 0 Å². The molecule has 1 aliphatic carbocycles. The van der Waals surface area contributed by atoms with E-state index in [1.165, 1.54) is 47.7 Å². The van der Waals surface area contributed by atoms with E-state index in [4.69, 9.17) is 0 Å². The molecule has 0 bridgehead atoms. The molecule has 3 N–H and O–H groups in total. The zero-order valence-corrected chi connectivity index (χ0v) is 26.1. The van der Waals surface area contributed by atoms with Gasteiger partial charge in [-0.2, -0.15) is 10.1 Å². The van der Waals surface area contributed by atoms with Crippen LogP contribution in [0.4, 0.5) is 0 Å². The Bertz CT molecular complexity index is 2080. The second-order valence-electron chi connectivity index (χ2n) is 10.3. The number of hydrogen-bond acceptors (Lipinski definition) is 8. The highest BCUT2D eigenvalue weighted by Gasteiger charge is 2.26. The third-order valence-corrected chi connectivity index (χ3v) is 9.78. The maximum atomic E-state index is 13.3. The van der Waals surface area contributed by atoms with Crippen LogP contribution in [0.1, 0.15) is 57.5 Å². The van der Waals surface area contributed by atoms with Crippen molar-refractivity contribution >= 4 is 45.1 Å². The fourth-order valence-electron chi connectivity index (χ4n) is 5.05. The zero-order chi connectivity index (χ0) is 33.0. The van der Waals surface area contributed by atoms with Crippen LogP contribution in [-0.4, -0.2) is 52.2 Å². The number of benzene rings is 3. The quantitative estimate of drug-likeness (QED) is 0.226. The van der Waals surface area contributed by atoms with E-state index in [0.717, 1.165) is 10.6 Å². The van der Waals surface area contributed by atoms with Crippen LogP contribution in [0.15, 0.2) is 93.8 Å². The van der Waals surface area contributed by atoms with Crippen LogP contribution < -0.4 is 9.52 Å². The summed E-state index contributed by atoms with van der Waals surface area (Å²) in [6.45, 7) is 2.16. The Morgan fingerprint density at radius 3 is 2.22 bits per heavy atom. The molecule has 236 valence electrons. The molecule has 0 unspecified atom stereocenters. The average molecular weight is 661 g/mol. The van der Waals surface area contributed by atoms with Crippen LogP contribution in [0, 0.1) is 0 Å². The summed E-state index contributed by atoms with van der Waals surface area (Å²) in [5, 5.41) is 24.1. The summed E-state index contributed by atoms with van der Waals surface area (Å²) in [7, 11) is -4.41. The number of aromatic nitrogens is 2. The van der Waals surface area contributed by atoms with E-state index in [9.17, 15) is 37.8 Å². The Labute approximate surface area is 267 Å². The molecular weight excluding hydrogens is 633 g/mol. The number of rotatable bonds is 10. The highest BCUT2D eigenvalue weighted by Crippen LogP contribution is 2.29. The van der Waals surface area contributed by atoms with Crippen molar-refractivity contribution < 1.29 is 37.8 Å². The summed E-state index contributed by atoms with van der Waals surface area (Å²) in [5.41, 5.74) is 1.32. The van der Waals surface area contributed by atoms with E-state index >= 15 is 0 Å². The molecule has 1 heterocycles. The fourth-order valence-corrected chi connectivity index (χ4v) is 7.08. The summed E-state index contributed by atoms with van der Waals surface area (Å²) < 4.78 is 30.3. The Morgan fingerprint density at radius 1 is 0.891 bits per heavy atom. The van der Waals surface area contributed by atoms with Crippen LogP contribution in [0.25, 0.3) is 11.1 Å². The molecule has 1 aliphatic rings. The molecule has 1 aromatic heterocycles. The normalized spacial score (nSPS) is 13.5. The third-order valence-electron chi connectivity index (χ3n) is 7.30. The van der Waals surface area contributed by atoms with E-state index in [1.807, 2.05) is 11.6 Å². The molecule has 0 atom stereocenters. The fraction of sp³-hybridized carbons (Fsp3) is 0.188. The number of aliphatic carboxylic acids is 1. The molecule has 12 nitrogen and oxygen atoms in total. The lowest BCUT2D eigenvalue weighted by Crippen LogP contribution is -2.32. The SMILES string of the molecule is CCc1nn(Cc2ccc(-c3ccccc3S(=O)(=O)NC(=O)c3ccccc3C(=O)O)cc2)c(=NC(=O)C2=C(C(=O)O)CCC2)s1. The Hall–Kier alpha value is -5.21. The number of nitrogens with zero attached hydrogens (tertiary/aromatic N) is 3. The number of sulfonamides is 1. The van der Waals surface area contributed by atoms with Gasteiger partial charge in [-0.3, -0.25) is 9.59 Å². The first-order valence-electron chi connectivity index (χ1n) is 14.2. The van der Waals surface area contributed by atoms with E-state index in [0.29, 0.717) is 41.6 Å². The maximum absolute atomic E-state index is 13.3. The number of carbonyl (C=O) groups is 4. The number of nitrogens with one attached hydrogen (secondary N) is 1. The second kappa shape index (κ2) is 13.4. The Kier molecular flexibility index (Phi) is 9.39. The lowest BCUT2D eigenvalue weighted by atomic mass is 10.0. The first kappa shape index (κ1) is 32.2. The van der Waals surface area contributed by atoms with E-state index in [1.54, 1.807) is 41.1 Å². The monoisotopic (exact) mass is 660 g/mol. The molecule has 2 amide bonds. The summed E-state index contributed by atoms with van der Waals surface area (Å²) in [6, 6.07) is 18.4. The minimum absolute atomic E-state index is 0.100. The first-order chi connectivity index (χ1) is 22.0. The van der Waals surface area contributed by atoms with Crippen molar-refractivity contribution in [1.29, 1.82) is 0 Å². The number of aryl methyl sites for hydroxylation is 1.